The maximum absolute atomic E-state index is 11.5. The Kier molecular flexibility index (Phi) is 3.62. The van der Waals surface area contributed by atoms with Crippen molar-refractivity contribution in [1.82, 2.24) is 5.32 Å². The summed E-state index contributed by atoms with van der Waals surface area (Å²) >= 11 is 15.2. The second-order valence-corrected chi connectivity index (χ2v) is 5.35. The number of amides is 2. The quantitative estimate of drug-likeness (QED) is 0.847. The fourth-order valence-corrected chi connectivity index (χ4v) is 2.53. The lowest BCUT2D eigenvalue weighted by atomic mass is 10.3. The van der Waals surface area contributed by atoms with E-state index in [1.807, 2.05) is 0 Å². The molecule has 0 heterocycles. The van der Waals surface area contributed by atoms with Crippen molar-refractivity contribution in [2.24, 2.45) is 0 Å². The van der Waals surface area contributed by atoms with Gasteiger partial charge in [-0.3, -0.25) is 0 Å². The largest absolute Gasteiger partial charge is 0.335 e. The van der Waals surface area contributed by atoms with E-state index < -0.39 is 0 Å². The van der Waals surface area contributed by atoms with Gasteiger partial charge in [-0.1, -0.05) is 39.1 Å². The first-order valence-electron chi connectivity index (χ1n) is 4.78. The van der Waals surface area contributed by atoms with Gasteiger partial charge in [-0.2, -0.15) is 0 Å². The first-order valence-corrected chi connectivity index (χ1v) is 6.33. The van der Waals surface area contributed by atoms with E-state index in [2.05, 4.69) is 26.6 Å². The van der Waals surface area contributed by atoms with Gasteiger partial charge in [0.2, 0.25) is 0 Å². The third-order valence-electron chi connectivity index (χ3n) is 2.16. The van der Waals surface area contributed by atoms with Gasteiger partial charge in [-0.25, -0.2) is 4.79 Å². The fraction of sp³-hybridized carbons (Fsp3) is 0.300. The van der Waals surface area contributed by atoms with Gasteiger partial charge in [0.15, 0.2) is 0 Å². The molecule has 0 spiro atoms. The van der Waals surface area contributed by atoms with E-state index in [0.717, 1.165) is 17.3 Å². The van der Waals surface area contributed by atoms with Crippen molar-refractivity contribution in [3.8, 4) is 0 Å². The Hall–Kier alpha value is -0.450. The molecular formula is C10H9BrCl2N2O. The molecule has 1 aliphatic carbocycles. The number of benzene rings is 1. The number of carbonyl (C=O) groups is 1. The monoisotopic (exact) mass is 322 g/mol. The van der Waals surface area contributed by atoms with E-state index in [1.165, 1.54) is 0 Å². The van der Waals surface area contributed by atoms with Gasteiger partial charge >= 0.3 is 6.03 Å². The summed E-state index contributed by atoms with van der Waals surface area (Å²) in [5.41, 5.74) is 0.435. The van der Waals surface area contributed by atoms with Crippen LogP contribution in [0.2, 0.25) is 10.0 Å². The fourth-order valence-electron chi connectivity index (χ4n) is 1.22. The molecule has 1 fully saturated rings. The van der Waals surface area contributed by atoms with Crippen LogP contribution in [0.5, 0.6) is 0 Å². The van der Waals surface area contributed by atoms with Crippen molar-refractivity contribution < 1.29 is 4.79 Å². The number of nitrogens with one attached hydrogen (secondary N) is 2. The zero-order chi connectivity index (χ0) is 11.7. The Balaban J connectivity index is 2.10. The molecule has 3 nitrogen and oxygen atoms in total. The van der Waals surface area contributed by atoms with E-state index in [9.17, 15) is 4.79 Å². The molecule has 16 heavy (non-hydrogen) atoms. The van der Waals surface area contributed by atoms with Crippen LogP contribution in [0, 0.1) is 0 Å². The summed E-state index contributed by atoms with van der Waals surface area (Å²) in [7, 11) is 0. The molecule has 0 radical (unpaired) electrons. The molecule has 86 valence electrons. The first kappa shape index (κ1) is 12.0. The molecule has 1 aliphatic rings. The molecule has 1 aromatic rings. The Morgan fingerprint density at radius 2 is 1.88 bits per heavy atom. The number of anilines is 1. The van der Waals surface area contributed by atoms with Gasteiger partial charge in [0.1, 0.15) is 0 Å². The van der Waals surface area contributed by atoms with Crippen LogP contribution in [0.3, 0.4) is 0 Å². The predicted octanol–water partition coefficient (Wildman–Crippen LogP) is 4.04. The number of halogens is 3. The van der Waals surface area contributed by atoms with Crippen LogP contribution in [0.25, 0.3) is 0 Å². The molecule has 2 amide bonds. The number of hydrogen-bond donors (Lipinski definition) is 2. The Bertz CT molecular complexity index is 412. The van der Waals surface area contributed by atoms with Gasteiger partial charge in [-0.05, 0) is 25.0 Å². The summed E-state index contributed by atoms with van der Waals surface area (Å²) in [6.45, 7) is 0. The van der Waals surface area contributed by atoms with E-state index in [0.29, 0.717) is 21.8 Å². The summed E-state index contributed by atoms with van der Waals surface area (Å²) in [6.07, 6.45) is 2.07. The normalized spacial score (nSPS) is 14.7. The van der Waals surface area contributed by atoms with Crippen LogP contribution in [0.15, 0.2) is 16.6 Å². The molecule has 0 bridgehead atoms. The smallest absolute Gasteiger partial charge is 0.319 e. The van der Waals surface area contributed by atoms with Crippen molar-refractivity contribution in [2.45, 2.75) is 18.9 Å². The molecule has 0 atom stereocenters. The average molecular weight is 324 g/mol. The molecule has 6 heteroatoms. The minimum absolute atomic E-state index is 0.270. The van der Waals surface area contributed by atoms with Crippen LogP contribution in [-0.4, -0.2) is 12.1 Å². The van der Waals surface area contributed by atoms with Crippen molar-refractivity contribution in [3.63, 3.8) is 0 Å². The molecule has 0 saturated heterocycles. The molecule has 0 aromatic heterocycles. The summed E-state index contributed by atoms with van der Waals surface area (Å²) < 4.78 is 0.774. The standard InChI is InChI=1S/C10H9BrCl2N2O/c11-5-3-7(12)9(8(13)4-5)15-10(16)14-6-1-2-6/h3-4,6H,1-2H2,(H2,14,15,16). The van der Waals surface area contributed by atoms with Crippen LogP contribution in [0.1, 0.15) is 12.8 Å². The van der Waals surface area contributed by atoms with Crippen LogP contribution in [-0.2, 0) is 0 Å². The zero-order valence-electron chi connectivity index (χ0n) is 8.19. The molecule has 1 aromatic carbocycles. The number of carbonyl (C=O) groups excluding carboxylic acids is 1. The third-order valence-corrected chi connectivity index (χ3v) is 3.21. The second kappa shape index (κ2) is 4.82. The number of hydrogen-bond acceptors (Lipinski definition) is 1. The van der Waals surface area contributed by atoms with E-state index in [4.69, 9.17) is 23.2 Å². The lowest BCUT2D eigenvalue weighted by molar-refractivity contribution is 0.251. The Morgan fingerprint density at radius 1 is 1.31 bits per heavy atom. The third kappa shape index (κ3) is 3.03. The highest BCUT2D eigenvalue weighted by Gasteiger charge is 2.23. The number of urea groups is 1. The van der Waals surface area contributed by atoms with E-state index in [1.54, 1.807) is 12.1 Å². The highest BCUT2D eigenvalue weighted by atomic mass is 79.9. The SMILES string of the molecule is O=C(Nc1c(Cl)cc(Br)cc1Cl)NC1CC1. The number of rotatable bonds is 2. The average Bonchev–Trinajstić information content (AvgIpc) is 2.95. The Morgan fingerprint density at radius 3 is 2.38 bits per heavy atom. The summed E-state index contributed by atoms with van der Waals surface area (Å²) in [5, 5.41) is 6.25. The van der Waals surface area contributed by atoms with Crippen molar-refractivity contribution in [2.75, 3.05) is 5.32 Å². The second-order valence-electron chi connectivity index (χ2n) is 3.62. The Labute approximate surface area is 112 Å². The maximum Gasteiger partial charge on any atom is 0.319 e. The molecule has 2 rings (SSSR count). The van der Waals surface area contributed by atoms with Gasteiger partial charge in [0.05, 0.1) is 15.7 Å². The van der Waals surface area contributed by atoms with Crippen LogP contribution >= 0.6 is 39.1 Å². The van der Waals surface area contributed by atoms with E-state index >= 15 is 0 Å². The molecule has 0 unspecified atom stereocenters. The maximum atomic E-state index is 11.5. The highest BCUT2D eigenvalue weighted by molar-refractivity contribution is 9.10. The van der Waals surface area contributed by atoms with Crippen molar-refractivity contribution in [1.29, 1.82) is 0 Å². The predicted molar refractivity (Wildman–Crippen MR) is 69.3 cm³/mol. The van der Waals surface area contributed by atoms with Crippen molar-refractivity contribution >= 4 is 50.9 Å². The minimum Gasteiger partial charge on any atom is -0.335 e. The van der Waals surface area contributed by atoms with E-state index in [-0.39, 0.29) is 6.03 Å². The minimum atomic E-state index is -0.270. The molecule has 0 aliphatic heterocycles. The summed E-state index contributed by atoms with van der Waals surface area (Å²) in [4.78, 5) is 11.5. The van der Waals surface area contributed by atoms with Gasteiger partial charge in [0, 0.05) is 10.5 Å². The highest BCUT2D eigenvalue weighted by Crippen LogP contribution is 2.33. The molecular weight excluding hydrogens is 315 g/mol. The first-order chi connectivity index (χ1) is 7.56. The lowest BCUT2D eigenvalue weighted by Gasteiger charge is -2.10. The van der Waals surface area contributed by atoms with Crippen molar-refractivity contribution in [3.05, 3.63) is 26.7 Å². The van der Waals surface area contributed by atoms with Gasteiger partial charge in [-0.15, -0.1) is 0 Å². The van der Waals surface area contributed by atoms with Gasteiger partial charge < -0.3 is 10.6 Å². The summed E-state index contributed by atoms with van der Waals surface area (Å²) in [5.74, 6) is 0. The summed E-state index contributed by atoms with van der Waals surface area (Å²) in [6, 6.07) is 3.39. The zero-order valence-corrected chi connectivity index (χ0v) is 11.3. The van der Waals surface area contributed by atoms with Crippen LogP contribution in [0.4, 0.5) is 10.5 Å². The molecule has 1 saturated carbocycles. The van der Waals surface area contributed by atoms with Crippen LogP contribution < -0.4 is 10.6 Å². The topological polar surface area (TPSA) is 41.1 Å². The molecule has 2 N–H and O–H groups in total. The van der Waals surface area contributed by atoms with Gasteiger partial charge in [0.25, 0.3) is 0 Å². The lowest BCUT2D eigenvalue weighted by Crippen LogP contribution is -2.30.